The van der Waals surface area contributed by atoms with Crippen molar-refractivity contribution in [3.63, 3.8) is 0 Å². The first kappa shape index (κ1) is 22.2. The van der Waals surface area contributed by atoms with E-state index in [0.717, 1.165) is 4.47 Å². The van der Waals surface area contributed by atoms with Crippen molar-refractivity contribution in [1.82, 2.24) is 10.6 Å². The van der Waals surface area contributed by atoms with Crippen molar-refractivity contribution in [2.45, 2.75) is 0 Å². The molecule has 0 saturated carbocycles. The fourth-order valence-corrected chi connectivity index (χ4v) is 2.51. The van der Waals surface area contributed by atoms with Crippen LogP contribution in [0.3, 0.4) is 0 Å². The number of hydrogen-bond acceptors (Lipinski definition) is 5. The molecule has 0 aromatic heterocycles. The quantitative estimate of drug-likeness (QED) is 0.472. The minimum Gasteiger partial charge on any atom is -0.870 e. The molecule has 5 N–H and O–H groups in total. The van der Waals surface area contributed by atoms with Crippen LogP contribution in [0.15, 0.2) is 58.7 Å². The maximum absolute atomic E-state index is 12.4. The Kier molecular flexibility index (Phi) is 9.00. The van der Waals surface area contributed by atoms with Crippen molar-refractivity contribution in [1.29, 1.82) is 0 Å². The van der Waals surface area contributed by atoms with Gasteiger partial charge in [0.15, 0.2) is 0 Å². The predicted octanol–water partition coefficient (Wildman–Crippen LogP) is 0.630. The van der Waals surface area contributed by atoms with Crippen molar-refractivity contribution in [2.24, 2.45) is 0 Å². The van der Waals surface area contributed by atoms with Gasteiger partial charge < -0.3 is 21.2 Å². The van der Waals surface area contributed by atoms with Gasteiger partial charge in [-0.1, -0.05) is 34.1 Å². The lowest BCUT2D eigenvalue weighted by molar-refractivity contribution is -0.379. The fourth-order valence-electron chi connectivity index (χ4n) is 2.11. The highest BCUT2D eigenvalue weighted by Crippen LogP contribution is 2.13. The van der Waals surface area contributed by atoms with Crippen LogP contribution in [0, 0.1) is 4.91 Å². The highest BCUT2D eigenvalue weighted by molar-refractivity contribution is 9.10. The van der Waals surface area contributed by atoms with Gasteiger partial charge in [0.2, 0.25) is 0 Å². The molecule has 0 bridgehead atoms. The van der Waals surface area contributed by atoms with Crippen molar-refractivity contribution < 1.29 is 25.3 Å². The van der Waals surface area contributed by atoms with Gasteiger partial charge in [0.05, 0.1) is 6.61 Å². The molecule has 0 heterocycles. The average molecular weight is 436 g/mol. The van der Waals surface area contributed by atoms with Crippen molar-refractivity contribution in [2.75, 3.05) is 13.2 Å². The number of rotatable bonds is 7. The van der Waals surface area contributed by atoms with E-state index in [2.05, 4.69) is 26.6 Å². The zero-order chi connectivity index (χ0) is 18.9. The molecule has 0 saturated heterocycles. The number of amides is 2. The summed E-state index contributed by atoms with van der Waals surface area (Å²) in [5.41, 5.74) is 1.24. The second-order valence-corrected chi connectivity index (χ2v) is 6.15. The molecule has 8 nitrogen and oxygen atoms in total. The summed E-state index contributed by atoms with van der Waals surface area (Å²) in [7, 11) is 0. The highest BCUT2D eigenvalue weighted by Gasteiger charge is 2.15. The van der Waals surface area contributed by atoms with E-state index in [-0.39, 0.29) is 24.3 Å². The molecule has 2 aromatic carbocycles. The van der Waals surface area contributed by atoms with Crippen LogP contribution >= 0.6 is 15.9 Å². The fraction of sp³-hybridized carbons (Fsp3) is 0.111. The van der Waals surface area contributed by atoms with Crippen LogP contribution < -0.4 is 15.8 Å². The van der Waals surface area contributed by atoms with Crippen LogP contribution in [0.25, 0.3) is 6.08 Å². The Balaban J connectivity index is 0.00000364. The number of aliphatic hydroxyl groups excluding tert-OH is 1. The van der Waals surface area contributed by atoms with Gasteiger partial charge in [-0.15, -0.1) is 0 Å². The van der Waals surface area contributed by atoms with E-state index in [4.69, 9.17) is 5.11 Å². The molecule has 0 aliphatic carbocycles. The Morgan fingerprint density at radius 2 is 1.89 bits per heavy atom. The minimum atomic E-state index is -0.553. The first-order valence-electron chi connectivity index (χ1n) is 7.69. The van der Waals surface area contributed by atoms with Crippen LogP contribution in [0.4, 0.5) is 5.69 Å². The van der Waals surface area contributed by atoms with E-state index in [9.17, 15) is 14.5 Å². The van der Waals surface area contributed by atoms with E-state index in [1.807, 2.05) is 0 Å². The molecule has 0 aliphatic rings. The van der Waals surface area contributed by atoms with Crippen molar-refractivity contribution in [3.8, 4) is 0 Å². The molecule has 0 radical (unpaired) electrons. The second kappa shape index (κ2) is 11.0. The van der Waals surface area contributed by atoms with Crippen LogP contribution in [-0.2, 0) is 4.79 Å². The number of nitrogens with one attached hydrogen (secondary N) is 3. The monoisotopic (exact) mass is 435 g/mol. The molecule has 142 valence electrons. The molecule has 27 heavy (non-hydrogen) atoms. The second-order valence-electron chi connectivity index (χ2n) is 5.23. The van der Waals surface area contributed by atoms with Crippen LogP contribution in [0.1, 0.15) is 15.9 Å². The van der Waals surface area contributed by atoms with Gasteiger partial charge in [-0.25, -0.2) is 0 Å². The number of aliphatic hydroxyl groups is 1. The lowest BCUT2D eigenvalue weighted by Gasteiger charge is -2.11. The molecular weight excluding hydrogens is 418 g/mol. The molecule has 9 heteroatoms. The molecule has 2 aromatic rings. The van der Waals surface area contributed by atoms with E-state index in [1.165, 1.54) is 12.1 Å². The Morgan fingerprint density at radius 1 is 1.15 bits per heavy atom. The molecule has 0 aliphatic heterocycles. The average Bonchev–Trinajstić information content (AvgIpc) is 2.65. The third-order valence-electron chi connectivity index (χ3n) is 3.29. The lowest BCUT2D eigenvalue weighted by atomic mass is 10.1. The highest BCUT2D eigenvalue weighted by atomic mass is 79.9. The lowest BCUT2D eigenvalue weighted by Crippen LogP contribution is -2.55. The molecule has 0 atom stereocenters. The molecule has 0 spiro atoms. The first-order chi connectivity index (χ1) is 12.5. The Bertz CT molecular complexity index is 854. The standard InChI is InChI=1S/C18H16BrN3O4.H2O/c19-14-5-2-4-13(11-14)17(24)21-16(18(25)20-7-8-23)10-12-3-1-6-15(9-12)22-26;/h1-6,9-11,23H,7-8H2,(H,20,25)(H,21,24);1H2/b16-10-;. The maximum atomic E-state index is 12.4. The maximum Gasteiger partial charge on any atom is 0.267 e. The van der Waals surface area contributed by atoms with Gasteiger partial charge in [-0.05, 0) is 29.8 Å². The Hall–Kier alpha value is -2.88. The number of carbonyl (C=O) groups is 2. The number of halogens is 1. The largest absolute Gasteiger partial charge is 0.870 e. The van der Waals surface area contributed by atoms with Gasteiger partial charge in [-0.2, -0.15) is 0 Å². The summed E-state index contributed by atoms with van der Waals surface area (Å²) in [4.78, 5) is 35.5. The molecule has 0 unspecified atom stereocenters. The smallest absolute Gasteiger partial charge is 0.267 e. The number of carbonyl (C=O) groups excluding carboxylic acids is 2. The molecule has 2 rings (SSSR count). The normalized spacial score (nSPS) is 10.5. The molecule has 2 amide bonds. The number of hydrogen-bond donors (Lipinski definition) is 4. The van der Waals surface area contributed by atoms with E-state index in [0.29, 0.717) is 16.8 Å². The van der Waals surface area contributed by atoms with E-state index in [1.54, 1.807) is 47.6 Å². The molecule has 0 fully saturated rings. The van der Waals surface area contributed by atoms with Gasteiger partial charge in [0, 0.05) is 38.8 Å². The van der Waals surface area contributed by atoms with Gasteiger partial charge in [-0.3, -0.25) is 9.59 Å². The van der Waals surface area contributed by atoms with Gasteiger partial charge >= 0.3 is 0 Å². The Labute approximate surface area is 163 Å². The summed E-state index contributed by atoms with van der Waals surface area (Å²) in [5, 5.41) is 15.7. The van der Waals surface area contributed by atoms with E-state index >= 15 is 0 Å². The summed E-state index contributed by atoms with van der Waals surface area (Å²) in [6.45, 7) is -0.181. The topological polar surface area (TPSA) is 139 Å². The Morgan fingerprint density at radius 3 is 2.56 bits per heavy atom. The molecular formula is C18H18BrN3O5. The van der Waals surface area contributed by atoms with Crippen LogP contribution in [-0.4, -0.2) is 35.5 Å². The number of nitroso groups, excluding NO2 is 1. The SMILES string of the molecule is O=[NH+]c1cccc(/C=C(\NC(=O)c2cccc(Br)c2)C(=O)NCCO)c1.[OH-]. The zero-order valence-electron chi connectivity index (χ0n) is 14.1. The summed E-state index contributed by atoms with van der Waals surface area (Å²) < 4.78 is 0.731. The summed E-state index contributed by atoms with van der Waals surface area (Å²) >= 11 is 3.29. The third-order valence-corrected chi connectivity index (χ3v) is 3.79. The van der Waals surface area contributed by atoms with Crippen molar-refractivity contribution >= 4 is 39.5 Å². The predicted molar refractivity (Wildman–Crippen MR) is 102 cm³/mol. The van der Waals surface area contributed by atoms with Crippen LogP contribution in [0.2, 0.25) is 0 Å². The minimum absolute atomic E-state index is 0. The first-order valence-corrected chi connectivity index (χ1v) is 8.48. The van der Waals surface area contributed by atoms with Crippen LogP contribution in [0.5, 0.6) is 0 Å². The summed E-state index contributed by atoms with van der Waals surface area (Å²) in [6, 6.07) is 13.2. The number of benzene rings is 2. The summed E-state index contributed by atoms with van der Waals surface area (Å²) in [5.74, 6) is -1.02. The van der Waals surface area contributed by atoms with Gasteiger partial charge in [0.1, 0.15) is 5.70 Å². The van der Waals surface area contributed by atoms with E-state index < -0.39 is 11.8 Å². The van der Waals surface area contributed by atoms with Crippen molar-refractivity contribution in [3.05, 3.63) is 74.7 Å². The third kappa shape index (κ3) is 6.74. The van der Waals surface area contributed by atoms with Gasteiger partial charge in [0.25, 0.3) is 17.5 Å². The zero-order valence-corrected chi connectivity index (χ0v) is 15.7. The summed E-state index contributed by atoms with van der Waals surface area (Å²) in [6.07, 6.45) is 1.45.